The number of hydrogen-bond acceptors (Lipinski definition) is 5. The molecular weight excluding hydrogens is 188 g/mol. The van der Waals surface area contributed by atoms with Crippen LogP contribution in [-0.4, -0.2) is 27.8 Å². The van der Waals surface area contributed by atoms with Gasteiger partial charge in [-0.05, 0) is 4.92 Å². The highest BCUT2D eigenvalue weighted by molar-refractivity contribution is 5.57. The smallest absolute Gasteiger partial charge is 0.343 e. The minimum absolute atomic E-state index is 0.0509. The second kappa shape index (κ2) is 4.35. The van der Waals surface area contributed by atoms with Gasteiger partial charge in [-0.1, -0.05) is 5.16 Å². The van der Waals surface area contributed by atoms with Gasteiger partial charge >= 0.3 is 5.82 Å². The average molecular weight is 198 g/mol. The summed E-state index contributed by atoms with van der Waals surface area (Å²) in [4.78, 5) is 18.3. The van der Waals surface area contributed by atoms with Gasteiger partial charge in [0.05, 0.1) is 6.21 Å². The van der Waals surface area contributed by atoms with Crippen molar-refractivity contribution in [1.82, 2.24) is 9.55 Å². The van der Waals surface area contributed by atoms with Crippen LogP contribution in [0, 0.1) is 17.0 Å². The summed E-state index contributed by atoms with van der Waals surface area (Å²) < 4.78 is 1.43. The van der Waals surface area contributed by atoms with E-state index in [4.69, 9.17) is 0 Å². The molecule has 0 radical (unpaired) electrons. The molecule has 0 aliphatic carbocycles. The first kappa shape index (κ1) is 10.2. The van der Waals surface area contributed by atoms with Crippen LogP contribution in [0.4, 0.5) is 5.82 Å². The van der Waals surface area contributed by atoms with Crippen molar-refractivity contribution in [1.29, 1.82) is 0 Å². The fourth-order valence-corrected chi connectivity index (χ4v) is 1.02. The molecule has 0 saturated carbocycles. The molecule has 0 saturated heterocycles. The predicted molar refractivity (Wildman–Crippen MR) is 49.1 cm³/mol. The standard InChI is InChI=1S/C7H10N4O3/c1-6-8-5-7(11(12)13)10(6)4-3-9-14-2/h3,5H,4H2,1-2H3/b9-3+. The highest BCUT2D eigenvalue weighted by Crippen LogP contribution is 2.12. The zero-order valence-corrected chi connectivity index (χ0v) is 7.88. The van der Waals surface area contributed by atoms with Crippen molar-refractivity contribution < 1.29 is 9.76 Å². The summed E-state index contributed by atoms with van der Waals surface area (Å²) in [6, 6.07) is 0. The Labute approximate surface area is 80.1 Å². The summed E-state index contributed by atoms with van der Waals surface area (Å²) in [7, 11) is 1.41. The molecule has 7 heteroatoms. The molecule has 1 aromatic rings. The van der Waals surface area contributed by atoms with E-state index in [1.54, 1.807) is 6.92 Å². The van der Waals surface area contributed by atoms with Gasteiger partial charge in [0.2, 0.25) is 0 Å². The number of nitrogens with zero attached hydrogens (tertiary/aromatic N) is 4. The third kappa shape index (κ3) is 2.06. The minimum Gasteiger partial charge on any atom is -0.399 e. The van der Waals surface area contributed by atoms with E-state index in [9.17, 15) is 10.1 Å². The highest BCUT2D eigenvalue weighted by atomic mass is 16.6. The normalized spacial score (nSPS) is 10.7. The quantitative estimate of drug-likeness (QED) is 0.405. The predicted octanol–water partition coefficient (Wildman–Crippen LogP) is 0.732. The maximum absolute atomic E-state index is 10.5. The number of aromatic nitrogens is 2. The largest absolute Gasteiger partial charge is 0.399 e. The maximum Gasteiger partial charge on any atom is 0.343 e. The van der Waals surface area contributed by atoms with Crippen LogP contribution >= 0.6 is 0 Å². The van der Waals surface area contributed by atoms with Gasteiger partial charge in [-0.2, -0.15) is 0 Å². The molecule has 76 valence electrons. The molecule has 0 aromatic carbocycles. The SMILES string of the molecule is CO/N=C/Cn1c([N+](=O)[O-])cnc1C. The second-order valence-electron chi connectivity index (χ2n) is 2.50. The Balaban J connectivity index is 2.88. The molecule has 1 heterocycles. The lowest BCUT2D eigenvalue weighted by Gasteiger charge is -1.97. The molecule has 1 aromatic heterocycles. The van der Waals surface area contributed by atoms with E-state index in [2.05, 4.69) is 15.0 Å². The number of aryl methyl sites for hydroxylation is 1. The molecule has 0 unspecified atom stereocenters. The molecule has 14 heavy (non-hydrogen) atoms. The molecular formula is C7H10N4O3. The van der Waals surface area contributed by atoms with Crippen molar-refractivity contribution in [3.63, 3.8) is 0 Å². The van der Waals surface area contributed by atoms with Gasteiger partial charge in [-0.25, -0.2) is 9.55 Å². The fourth-order valence-electron chi connectivity index (χ4n) is 1.02. The van der Waals surface area contributed by atoms with Crippen LogP contribution < -0.4 is 0 Å². The third-order valence-electron chi connectivity index (χ3n) is 1.67. The van der Waals surface area contributed by atoms with Crippen LogP contribution in [0.1, 0.15) is 5.82 Å². The molecule has 0 spiro atoms. The van der Waals surface area contributed by atoms with E-state index in [0.717, 1.165) is 0 Å². The summed E-state index contributed by atoms with van der Waals surface area (Å²) in [6.45, 7) is 1.96. The molecule has 0 N–H and O–H groups in total. The molecule has 1 rings (SSSR count). The van der Waals surface area contributed by atoms with Gasteiger partial charge < -0.3 is 15.0 Å². The van der Waals surface area contributed by atoms with Crippen LogP contribution in [0.3, 0.4) is 0 Å². The number of hydrogen-bond donors (Lipinski definition) is 0. The van der Waals surface area contributed by atoms with Gasteiger partial charge in [0, 0.05) is 6.92 Å². The lowest BCUT2D eigenvalue weighted by molar-refractivity contribution is -0.392. The number of imidazole rings is 1. The minimum atomic E-state index is -0.485. The molecule has 7 nitrogen and oxygen atoms in total. The summed E-state index contributed by atoms with van der Waals surface area (Å²) in [5.74, 6) is 0.518. The Morgan fingerprint density at radius 1 is 1.86 bits per heavy atom. The van der Waals surface area contributed by atoms with E-state index >= 15 is 0 Å². The summed E-state index contributed by atoms with van der Waals surface area (Å²) in [5.41, 5.74) is 0. The molecule has 0 aliphatic heterocycles. The highest BCUT2D eigenvalue weighted by Gasteiger charge is 2.15. The van der Waals surface area contributed by atoms with Crippen molar-refractivity contribution in [3.8, 4) is 0 Å². The fraction of sp³-hybridized carbons (Fsp3) is 0.429. The van der Waals surface area contributed by atoms with Gasteiger partial charge in [-0.3, -0.25) is 0 Å². The van der Waals surface area contributed by atoms with Crippen molar-refractivity contribution in [2.75, 3.05) is 7.11 Å². The van der Waals surface area contributed by atoms with E-state index in [-0.39, 0.29) is 12.4 Å². The average Bonchev–Trinajstić information content (AvgIpc) is 2.48. The molecule has 0 fully saturated rings. The zero-order chi connectivity index (χ0) is 10.6. The number of oxime groups is 1. The topological polar surface area (TPSA) is 82.5 Å². The Bertz CT molecular complexity index is 358. The van der Waals surface area contributed by atoms with Crippen LogP contribution in [0.2, 0.25) is 0 Å². The molecule has 0 atom stereocenters. The van der Waals surface area contributed by atoms with Crippen molar-refractivity contribution >= 4 is 12.0 Å². The third-order valence-corrected chi connectivity index (χ3v) is 1.67. The Hall–Kier alpha value is -1.92. The second-order valence-corrected chi connectivity index (χ2v) is 2.50. The molecule has 0 amide bonds. The Morgan fingerprint density at radius 3 is 3.14 bits per heavy atom. The zero-order valence-electron chi connectivity index (χ0n) is 7.88. The van der Waals surface area contributed by atoms with Crippen molar-refractivity contribution in [3.05, 3.63) is 22.1 Å². The van der Waals surface area contributed by atoms with E-state index in [1.807, 2.05) is 0 Å². The van der Waals surface area contributed by atoms with Gasteiger partial charge in [0.1, 0.15) is 19.9 Å². The Kier molecular flexibility index (Phi) is 3.16. The van der Waals surface area contributed by atoms with Crippen LogP contribution in [0.25, 0.3) is 0 Å². The first-order valence-corrected chi connectivity index (χ1v) is 3.88. The van der Waals surface area contributed by atoms with Crippen LogP contribution in [-0.2, 0) is 11.4 Å². The Morgan fingerprint density at radius 2 is 2.57 bits per heavy atom. The van der Waals surface area contributed by atoms with Gasteiger partial charge in [0.25, 0.3) is 0 Å². The van der Waals surface area contributed by atoms with Crippen LogP contribution in [0.15, 0.2) is 11.4 Å². The van der Waals surface area contributed by atoms with Crippen molar-refractivity contribution in [2.24, 2.45) is 5.16 Å². The van der Waals surface area contributed by atoms with E-state index in [0.29, 0.717) is 5.82 Å². The monoisotopic (exact) mass is 198 g/mol. The molecule has 0 bridgehead atoms. The number of nitro groups is 1. The maximum atomic E-state index is 10.5. The van der Waals surface area contributed by atoms with Gasteiger partial charge in [-0.15, -0.1) is 0 Å². The summed E-state index contributed by atoms with van der Waals surface area (Å²) in [5, 5.41) is 14.0. The van der Waals surface area contributed by atoms with Gasteiger partial charge in [0.15, 0.2) is 5.82 Å². The van der Waals surface area contributed by atoms with E-state index < -0.39 is 4.92 Å². The first-order chi connectivity index (χ1) is 6.66. The first-order valence-electron chi connectivity index (χ1n) is 3.88. The van der Waals surface area contributed by atoms with Crippen molar-refractivity contribution in [2.45, 2.75) is 13.5 Å². The lowest BCUT2D eigenvalue weighted by Crippen LogP contribution is -2.05. The summed E-state index contributed by atoms with van der Waals surface area (Å²) >= 11 is 0. The summed E-state index contributed by atoms with van der Waals surface area (Å²) in [6.07, 6.45) is 2.65. The lowest BCUT2D eigenvalue weighted by atomic mass is 10.6. The molecule has 0 aliphatic rings. The van der Waals surface area contributed by atoms with Crippen LogP contribution in [0.5, 0.6) is 0 Å². The van der Waals surface area contributed by atoms with E-state index in [1.165, 1.54) is 24.1 Å². The number of rotatable bonds is 4.